The van der Waals surface area contributed by atoms with Crippen LogP contribution >= 0.6 is 0 Å². The molecule has 2 unspecified atom stereocenters. The smallest absolute Gasteiger partial charge is 0.377 e. The van der Waals surface area contributed by atoms with Crippen molar-refractivity contribution in [3.63, 3.8) is 0 Å². The molecule has 0 aliphatic heterocycles. The van der Waals surface area contributed by atoms with E-state index in [1.54, 1.807) is 19.1 Å². The molecular formula is C24H32O6. The predicted molar refractivity (Wildman–Crippen MR) is 109 cm³/mol. The van der Waals surface area contributed by atoms with E-state index >= 15 is 0 Å². The number of hydrogen-bond acceptors (Lipinski definition) is 6. The molecule has 0 aromatic heterocycles. The highest BCUT2D eigenvalue weighted by atomic mass is 16.5. The minimum atomic E-state index is -1.82. The van der Waals surface area contributed by atoms with Crippen molar-refractivity contribution in [2.45, 2.75) is 65.1 Å². The minimum Gasteiger partial charge on any atom is -0.460 e. The van der Waals surface area contributed by atoms with Gasteiger partial charge in [-0.05, 0) is 62.5 Å². The van der Waals surface area contributed by atoms with Gasteiger partial charge in [-0.2, -0.15) is 0 Å². The second-order valence-corrected chi connectivity index (χ2v) is 10.2. The van der Waals surface area contributed by atoms with E-state index in [9.17, 15) is 24.6 Å². The summed E-state index contributed by atoms with van der Waals surface area (Å²) in [4.78, 5) is 37.1. The number of Topliss-reactive ketones (excluding diaryl/α,β-unsaturated/α-hetero) is 1. The summed E-state index contributed by atoms with van der Waals surface area (Å²) in [5, 5.41) is 22.8. The lowest BCUT2D eigenvalue weighted by Gasteiger charge is -2.60. The first kappa shape index (κ1) is 21.4. The van der Waals surface area contributed by atoms with Crippen LogP contribution in [0.3, 0.4) is 0 Å². The Bertz CT molecular complexity index is 858. The van der Waals surface area contributed by atoms with Crippen LogP contribution in [-0.2, 0) is 19.1 Å². The molecule has 0 saturated heterocycles. The summed E-state index contributed by atoms with van der Waals surface area (Å²) >= 11 is 0. The zero-order chi connectivity index (χ0) is 22.1. The number of allylic oxidation sites excluding steroid dienone is 4. The summed E-state index contributed by atoms with van der Waals surface area (Å²) in [7, 11) is 0. The van der Waals surface area contributed by atoms with Gasteiger partial charge in [0.05, 0.1) is 12.7 Å². The maximum absolute atomic E-state index is 12.9. The Balaban J connectivity index is 1.73. The van der Waals surface area contributed by atoms with Gasteiger partial charge >= 0.3 is 5.97 Å². The summed E-state index contributed by atoms with van der Waals surface area (Å²) in [5.41, 5.74) is -2.09. The number of carbonyl (C=O) groups excluding carboxylic acids is 3. The summed E-state index contributed by atoms with van der Waals surface area (Å²) in [5.74, 6) is -1.76. The third-order valence-corrected chi connectivity index (χ3v) is 8.81. The largest absolute Gasteiger partial charge is 0.460 e. The van der Waals surface area contributed by atoms with E-state index in [-0.39, 0.29) is 48.9 Å². The van der Waals surface area contributed by atoms with Crippen molar-refractivity contribution in [2.24, 2.45) is 34.5 Å². The van der Waals surface area contributed by atoms with E-state index < -0.39 is 34.3 Å². The lowest BCUT2D eigenvalue weighted by molar-refractivity contribution is -0.186. The molecule has 0 amide bonds. The topological polar surface area (TPSA) is 101 Å². The normalized spacial score (nSPS) is 47.1. The zero-order valence-corrected chi connectivity index (χ0v) is 18.2. The second-order valence-electron chi connectivity index (χ2n) is 10.2. The van der Waals surface area contributed by atoms with Crippen LogP contribution in [0.4, 0.5) is 0 Å². The number of esters is 1. The van der Waals surface area contributed by atoms with Gasteiger partial charge in [-0.1, -0.05) is 32.4 Å². The molecule has 164 valence electrons. The molecule has 0 heterocycles. The molecule has 0 radical (unpaired) electrons. The molecular weight excluding hydrogens is 384 g/mol. The van der Waals surface area contributed by atoms with Crippen molar-refractivity contribution in [2.75, 3.05) is 6.61 Å². The Labute approximate surface area is 177 Å². The van der Waals surface area contributed by atoms with Gasteiger partial charge in [0.1, 0.15) is 5.60 Å². The molecule has 6 heteroatoms. The fourth-order valence-electron chi connectivity index (χ4n) is 7.49. The van der Waals surface area contributed by atoms with Crippen molar-refractivity contribution in [1.29, 1.82) is 0 Å². The molecule has 2 N–H and O–H groups in total. The first-order valence-corrected chi connectivity index (χ1v) is 11.1. The molecule has 3 fully saturated rings. The monoisotopic (exact) mass is 416 g/mol. The van der Waals surface area contributed by atoms with Gasteiger partial charge < -0.3 is 14.9 Å². The Kier molecular flexibility index (Phi) is 4.90. The van der Waals surface area contributed by atoms with E-state index in [0.29, 0.717) is 6.42 Å². The van der Waals surface area contributed by atoms with Crippen LogP contribution in [0.2, 0.25) is 0 Å². The minimum absolute atomic E-state index is 0.00105. The summed E-state index contributed by atoms with van der Waals surface area (Å²) < 4.78 is 4.89. The number of hydrogen-bond donors (Lipinski definition) is 2. The predicted octanol–water partition coefficient (Wildman–Crippen LogP) is 2.37. The van der Waals surface area contributed by atoms with Gasteiger partial charge in [-0.25, -0.2) is 4.79 Å². The van der Waals surface area contributed by atoms with Crippen LogP contribution in [0, 0.1) is 34.5 Å². The summed E-state index contributed by atoms with van der Waals surface area (Å²) in [6.07, 6.45) is 6.34. The summed E-state index contributed by atoms with van der Waals surface area (Å²) in [6.45, 7) is 7.74. The Morgan fingerprint density at radius 3 is 2.67 bits per heavy atom. The van der Waals surface area contributed by atoms with Gasteiger partial charge in [0, 0.05) is 16.7 Å². The molecule has 4 aliphatic rings. The highest BCUT2D eigenvalue weighted by Crippen LogP contribution is 2.67. The van der Waals surface area contributed by atoms with E-state index in [1.165, 1.54) is 0 Å². The number of aliphatic hydroxyl groups excluding tert-OH is 1. The Morgan fingerprint density at radius 2 is 2.00 bits per heavy atom. The number of aliphatic hydroxyl groups is 2. The summed E-state index contributed by atoms with van der Waals surface area (Å²) in [6, 6.07) is 0. The quantitative estimate of drug-likeness (QED) is 0.541. The lowest BCUT2D eigenvalue weighted by atomic mass is 9.45. The van der Waals surface area contributed by atoms with Crippen LogP contribution in [0.5, 0.6) is 0 Å². The molecule has 4 aliphatic carbocycles. The molecule has 6 nitrogen and oxygen atoms in total. The fraction of sp³-hybridized carbons (Fsp3) is 0.708. The molecule has 4 rings (SSSR count). The van der Waals surface area contributed by atoms with Crippen LogP contribution in [0.1, 0.15) is 53.4 Å². The zero-order valence-electron chi connectivity index (χ0n) is 18.2. The average molecular weight is 417 g/mol. The SMILES string of the molecule is CCOC(=O)C(=O)[C@@]1(O)CC[C@H]2[C@@H]3CC(C)C4=CC(=O)C=C[C@]4(C)[C@H]3C(O)C[C@@]21C. The molecule has 30 heavy (non-hydrogen) atoms. The number of rotatable bonds is 3. The maximum Gasteiger partial charge on any atom is 0.377 e. The maximum atomic E-state index is 12.9. The molecule has 0 aromatic rings. The van der Waals surface area contributed by atoms with E-state index in [2.05, 4.69) is 13.8 Å². The van der Waals surface area contributed by atoms with Gasteiger partial charge in [0.2, 0.25) is 0 Å². The molecule has 0 aromatic carbocycles. The highest BCUT2D eigenvalue weighted by molar-refractivity contribution is 6.37. The third kappa shape index (κ3) is 2.65. The molecule has 3 saturated carbocycles. The van der Waals surface area contributed by atoms with Crippen molar-refractivity contribution in [3.05, 3.63) is 23.8 Å². The van der Waals surface area contributed by atoms with Gasteiger partial charge in [-0.15, -0.1) is 0 Å². The van der Waals surface area contributed by atoms with Crippen LogP contribution in [-0.4, -0.2) is 46.1 Å². The van der Waals surface area contributed by atoms with Crippen LogP contribution in [0.15, 0.2) is 23.8 Å². The number of ether oxygens (including phenoxy) is 1. The van der Waals surface area contributed by atoms with Gasteiger partial charge in [0.25, 0.3) is 5.78 Å². The van der Waals surface area contributed by atoms with Gasteiger partial charge in [0.15, 0.2) is 5.78 Å². The standard InChI is InChI=1S/C24H32O6/c1-5-30-21(28)20(27)24(29)9-7-16-15-10-13(2)17-11-14(25)6-8-22(17,3)19(15)18(26)12-23(16,24)4/h6,8,11,13,15-16,18-19,26,29H,5,7,9-10,12H2,1-4H3/t13?,15-,16-,18?,19+,22-,23-,24-/m0/s1. The van der Waals surface area contributed by atoms with Crippen LogP contribution in [0.25, 0.3) is 0 Å². The van der Waals surface area contributed by atoms with Crippen molar-refractivity contribution in [3.8, 4) is 0 Å². The first-order chi connectivity index (χ1) is 14.0. The average Bonchev–Trinajstić information content (AvgIpc) is 2.94. The Hall–Kier alpha value is -1.79. The second kappa shape index (κ2) is 6.86. The number of ketones is 2. The van der Waals surface area contributed by atoms with Crippen LogP contribution < -0.4 is 0 Å². The van der Waals surface area contributed by atoms with E-state index in [1.807, 2.05) is 13.0 Å². The molecule has 0 spiro atoms. The Morgan fingerprint density at radius 1 is 1.30 bits per heavy atom. The third-order valence-electron chi connectivity index (χ3n) is 8.81. The van der Waals surface area contributed by atoms with E-state index in [4.69, 9.17) is 4.74 Å². The molecule has 0 bridgehead atoms. The first-order valence-electron chi connectivity index (χ1n) is 11.1. The van der Waals surface area contributed by atoms with Crippen molar-refractivity contribution < 1.29 is 29.3 Å². The van der Waals surface area contributed by atoms with E-state index in [0.717, 1.165) is 12.0 Å². The lowest BCUT2D eigenvalue weighted by Crippen LogP contribution is -2.63. The number of carbonyl (C=O) groups is 3. The number of fused-ring (bicyclic) bond motifs is 5. The fourth-order valence-corrected chi connectivity index (χ4v) is 7.49. The molecule has 8 atom stereocenters. The van der Waals surface area contributed by atoms with Crippen molar-refractivity contribution >= 4 is 17.5 Å². The van der Waals surface area contributed by atoms with Crippen molar-refractivity contribution in [1.82, 2.24) is 0 Å². The van der Waals surface area contributed by atoms with Gasteiger partial charge in [-0.3, -0.25) is 9.59 Å². The highest BCUT2D eigenvalue weighted by Gasteiger charge is 2.69.